The minimum absolute atomic E-state index is 0.445. The van der Waals surface area contributed by atoms with Gasteiger partial charge in [-0.2, -0.15) is 0 Å². The SMILES string of the molecule is Cc1ccoc1-c1nccc(N)n1. The first kappa shape index (κ1) is 7.79. The molecule has 0 saturated carbocycles. The standard InChI is InChI=1S/C9H9N3O/c1-6-3-5-13-8(6)9-11-4-2-7(10)12-9/h2-5H,1H3,(H2,10,11,12). The van der Waals surface area contributed by atoms with Crippen molar-refractivity contribution in [1.29, 1.82) is 0 Å². The molecule has 0 aliphatic carbocycles. The highest BCUT2D eigenvalue weighted by Crippen LogP contribution is 2.20. The van der Waals surface area contributed by atoms with Gasteiger partial charge in [-0.25, -0.2) is 9.97 Å². The zero-order valence-corrected chi connectivity index (χ0v) is 7.19. The van der Waals surface area contributed by atoms with Crippen molar-refractivity contribution in [2.24, 2.45) is 0 Å². The Morgan fingerprint density at radius 3 is 2.85 bits per heavy atom. The molecule has 2 rings (SSSR count). The van der Waals surface area contributed by atoms with Gasteiger partial charge in [-0.3, -0.25) is 0 Å². The Morgan fingerprint density at radius 2 is 2.23 bits per heavy atom. The van der Waals surface area contributed by atoms with Gasteiger partial charge in [0.15, 0.2) is 11.6 Å². The van der Waals surface area contributed by atoms with E-state index in [0.29, 0.717) is 17.4 Å². The molecule has 0 unspecified atom stereocenters. The summed E-state index contributed by atoms with van der Waals surface area (Å²) in [6.45, 7) is 1.94. The number of nitrogens with zero attached hydrogens (tertiary/aromatic N) is 2. The molecule has 4 heteroatoms. The molecule has 0 aromatic carbocycles. The van der Waals surface area contributed by atoms with E-state index >= 15 is 0 Å². The first-order valence-corrected chi connectivity index (χ1v) is 3.90. The third-order valence-corrected chi connectivity index (χ3v) is 1.74. The van der Waals surface area contributed by atoms with Crippen LogP contribution < -0.4 is 5.73 Å². The number of rotatable bonds is 1. The molecule has 13 heavy (non-hydrogen) atoms. The van der Waals surface area contributed by atoms with Crippen LogP contribution in [0.4, 0.5) is 5.82 Å². The lowest BCUT2D eigenvalue weighted by Gasteiger charge is -1.97. The molecule has 2 aromatic rings. The molecule has 0 bridgehead atoms. The van der Waals surface area contributed by atoms with Crippen molar-refractivity contribution in [3.8, 4) is 11.6 Å². The molecule has 2 aromatic heterocycles. The second-order valence-corrected chi connectivity index (χ2v) is 2.74. The number of hydrogen-bond donors (Lipinski definition) is 1. The van der Waals surface area contributed by atoms with E-state index in [1.807, 2.05) is 13.0 Å². The van der Waals surface area contributed by atoms with E-state index in [-0.39, 0.29) is 0 Å². The number of anilines is 1. The molecule has 66 valence electrons. The summed E-state index contributed by atoms with van der Waals surface area (Å²) in [6.07, 6.45) is 3.22. The Kier molecular flexibility index (Phi) is 1.73. The van der Waals surface area contributed by atoms with Gasteiger partial charge in [0.05, 0.1) is 6.26 Å². The van der Waals surface area contributed by atoms with Crippen molar-refractivity contribution in [2.75, 3.05) is 5.73 Å². The van der Waals surface area contributed by atoms with Gasteiger partial charge in [0.2, 0.25) is 0 Å². The minimum atomic E-state index is 0.445. The minimum Gasteiger partial charge on any atom is -0.461 e. The molecule has 0 aliphatic heterocycles. The predicted molar refractivity (Wildman–Crippen MR) is 48.9 cm³/mol. The van der Waals surface area contributed by atoms with Crippen LogP contribution in [-0.4, -0.2) is 9.97 Å². The monoisotopic (exact) mass is 175 g/mol. The Morgan fingerprint density at radius 1 is 1.38 bits per heavy atom. The molecule has 2 heterocycles. The summed E-state index contributed by atoms with van der Waals surface area (Å²) in [6, 6.07) is 3.50. The lowest BCUT2D eigenvalue weighted by Crippen LogP contribution is -1.94. The maximum absolute atomic E-state index is 5.52. The predicted octanol–water partition coefficient (Wildman–Crippen LogP) is 1.63. The summed E-state index contributed by atoms with van der Waals surface area (Å²) < 4.78 is 5.22. The summed E-state index contributed by atoms with van der Waals surface area (Å²) in [5, 5.41) is 0. The molecule has 0 aliphatic rings. The zero-order valence-electron chi connectivity index (χ0n) is 7.19. The summed E-state index contributed by atoms with van der Waals surface area (Å²) in [4.78, 5) is 8.11. The Labute approximate surface area is 75.4 Å². The molecule has 0 saturated heterocycles. The van der Waals surface area contributed by atoms with Crippen LogP contribution in [0.3, 0.4) is 0 Å². The highest BCUT2D eigenvalue weighted by atomic mass is 16.3. The molecular weight excluding hydrogens is 166 g/mol. The molecule has 0 fully saturated rings. The number of nitrogen functional groups attached to an aromatic ring is 1. The van der Waals surface area contributed by atoms with Crippen molar-refractivity contribution in [1.82, 2.24) is 9.97 Å². The van der Waals surface area contributed by atoms with Crippen molar-refractivity contribution < 1.29 is 4.42 Å². The number of furan rings is 1. The highest BCUT2D eigenvalue weighted by Gasteiger charge is 2.07. The first-order valence-electron chi connectivity index (χ1n) is 3.90. The number of hydrogen-bond acceptors (Lipinski definition) is 4. The van der Waals surface area contributed by atoms with Crippen molar-refractivity contribution in [2.45, 2.75) is 6.92 Å². The van der Waals surface area contributed by atoms with Crippen LogP contribution >= 0.6 is 0 Å². The number of nitrogens with two attached hydrogens (primary N) is 1. The fourth-order valence-electron chi connectivity index (χ4n) is 1.08. The average molecular weight is 175 g/mol. The van der Waals surface area contributed by atoms with Gasteiger partial charge in [-0.05, 0) is 24.6 Å². The summed E-state index contributed by atoms with van der Waals surface area (Å²) in [5.74, 6) is 1.65. The van der Waals surface area contributed by atoms with Gasteiger partial charge in [0.1, 0.15) is 5.82 Å². The van der Waals surface area contributed by atoms with Crippen LogP contribution in [0.15, 0.2) is 29.0 Å². The van der Waals surface area contributed by atoms with Gasteiger partial charge >= 0.3 is 0 Å². The molecular formula is C9H9N3O. The summed E-state index contributed by atoms with van der Waals surface area (Å²) in [5.41, 5.74) is 6.53. The second-order valence-electron chi connectivity index (χ2n) is 2.74. The summed E-state index contributed by atoms with van der Waals surface area (Å²) in [7, 11) is 0. The van der Waals surface area contributed by atoms with E-state index in [1.54, 1.807) is 18.5 Å². The summed E-state index contributed by atoms with van der Waals surface area (Å²) >= 11 is 0. The Balaban J connectivity index is 2.53. The largest absolute Gasteiger partial charge is 0.461 e. The van der Waals surface area contributed by atoms with E-state index in [1.165, 1.54) is 0 Å². The van der Waals surface area contributed by atoms with Crippen LogP contribution in [0.25, 0.3) is 11.6 Å². The van der Waals surface area contributed by atoms with Crippen LogP contribution in [0.2, 0.25) is 0 Å². The fourth-order valence-corrected chi connectivity index (χ4v) is 1.08. The maximum Gasteiger partial charge on any atom is 0.197 e. The van der Waals surface area contributed by atoms with E-state index in [4.69, 9.17) is 10.2 Å². The Bertz CT molecular complexity index is 422. The normalized spacial score (nSPS) is 10.2. The van der Waals surface area contributed by atoms with Crippen LogP contribution in [0.1, 0.15) is 5.56 Å². The van der Waals surface area contributed by atoms with Gasteiger partial charge < -0.3 is 10.2 Å². The first-order chi connectivity index (χ1) is 6.27. The van der Waals surface area contributed by atoms with Gasteiger partial charge in [0.25, 0.3) is 0 Å². The Hall–Kier alpha value is -1.84. The second kappa shape index (κ2) is 2.90. The van der Waals surface area contributed by atoms with Crippen LogP contribution in [0.5, 0.6) is 0 Å². The van der Waals surface area contributed by atoms with Gasteiger partial charge in [-0.15, -0.1) is 0 Å². The van der Waals surface area contributed by atoms with E-state index in [9.17, 15) is 0 Å². The lowest BCUT2D eigenvalue weighted by molar-refractivity contribution is 0.575. The molecule has 0 spiro atoms. The van der Waals surface area contributed by atoms with E-state index < -0.39 is 0 Å². The number of aromatic nitrogens is 2. The highest BCUT2D eigenvalue weighted by molar-refractivity contribution is 5.53. The topological polar surface area (TPSA) is 64.9 Å². The quantitative estimate of drug-likeness (QED) is 0.715. The fraction of sp³-hybridized carbons (Fsp3) is 0.111. The van der Waals surface area contributed by atoms with Gasteiger partial charge in [-0.1, -0.05) is 0 Å². The van der Waals surface area contributed by atoms with Crippen molar-refractivity contribution >= 4 is 5.82 Å². The molecule has 0 atom stereocenters. The smallest absolute Gasteiger partial charge is 0.197 e. The lowest BCUT2D eigenvalue weighted by atomic mass is 10.3. The van der Waals surface area contributed by atoms with E-state index in [0.717, 1.165) is 5.56 Å². The van der Waals surface area contributed by atoms with E-state index in [2.05, 4.69) is 9.97 Å². The molecule has 4 nitrogen and oxygen atoms in total. The van der Waals surface area contributed by atoms with Crippen LogP contribution in [-0.2, 0) is 0 Å². The number of aryl methyl sites for hydroxylation is 1. The van der Waals surface area contributed by atoms with Crippen molar-refractivity contribution in [3.63, 3.8) is 0 Å². The third kappa shape index (κ3) is 1.38. The van der Waals surface area contributed by atoms with Gasteiger partial charge in [0, 0.05) is 6.20 Å². The maximum atomic E-state index is 5.52. The average Bonchev–Trinajstić information content (AvgIpc) is 2.51. The van der Waals surface area contributed by atoms with Crippen molar-refractivity contribution in [3.05, 3.63) is 30.2 Å². The third-order valence-electron chi connectivity index (χ3n) is 1.74. The molecule has 0 radical (unpaired) electrons. The zero-order chi connectivity index (χ0) is 9.26. The molecule has 2 N–H and O–H groups in total. The van der Waals surface area contributed by atoms with Crippen LogP contribution in [0, 0.1) is 6.92 Å². The molecule has 0 amide bonds.